The lowest BCUT2D eigenvalue weighted by Crippen LogP contribution is -2.33. The summed E-state index contributed by atoms with van der Waals surface area (Å²) in [6.45, 7) is 3.63. The predicted molar refractivity (Wildman–Crippen MR) is 114 cm³/mol. The molecule has 3 rings (SSSR count). The number of allylic oxidation sites excluding steroid dienone is 1. The van der Waals surface area contributed by atoms with Crippen molar-refractivity contribution < 1.29 is 17.0 Å². The summed E-state index contributed by atoms with van der Waals surface area (Å²) in [4.78, 5) is 5.42. The molecule has 6 N–H and O–H groups in total. The summed E-state index contributed by atoms with van der Waals surface area (Å²) in [6, 6.07) is 8.31. The smallest absolute Gasteiger partial charge is 0.356 e. The molecule has 0 bridgehead atoms. The van der Waals surface area contributed by atoms with E-state index in [9.17, 15) is 12.8 Å². The average molecular weight is 447 g/mol. The van der Waals surface area contributed by atoms with Gasteiger partial charge < -0.3 is 25.9 Å². The lowest BCUT2D eigenvalue weighted by molar-refractivity contribution is 0.418. The zero-order chi connectivity index (χ0) is 22.8. The van der Waals surface area contributed by atoms with Crippen molar-refractivity contribution in [3.8, 4) is 5.75 Å². The molecule has 0 aliphatic carbocycles. The van der Waals surface area contributed by atoms with Gasteiger partial charge in [-0.25, -0.2) is 4.39 Å². The third kappa shape index (κ3) is 4.77. The summed E-state index contributed by atoms with van der Waals surface area (Å²) in [5.41, 5.74) is 12.4. The number of rotatable bonds is 7. The van der Waals surface area contributed by atoms with Gasteiger partial charge in [0.25, 0.3) is 0 Å². The molecular weight excluding hydrogens is 423 g/mol. The van der Waals surface area contributed by atoms with E-state index in [4.69, 9.17) is 21.1 Å². The quantitative estimate of drug-likeness (QED) is 0.286. The van der Waals surface area contributed by atoms with Gasteiger partial charge in [0.05, 0.1) is 12.2 Å². The van der Waals surface area contributed by atoms with E-state index in [1.54, 1.807) is 38.4 Å². The molecule has 0 radical (unpaired) electrons. The number of amidine groups is 1. The molecule has 0 saturated heterocycles. The first kappa shape index (κ1) is 22.1. The van der Waals surface area contributed by atoms with Crippen LogP contribution >= 0.6 is 0 Å². The molecule has 1 aliphatic heterocycles. The fourth-order valence-corrected chi connectivity index (χ4v) is 4.42. The second kappa shape index (κ2) is 8.64. The van der Waals surface area contributed by atoms with E-state index in [-0.39, 0.29) is 34.8 Å². The van der Waals surface area contributed by atoms with E-state index in [0.717, 1.165) is 6.07 Å². The Morgan fingerprint density at radius 3 is 2.61 bits per heavy atom. The summed E-state index contributed by atoms with van der Waals surface area (Å²) in [6.07, 6.45) is 3.17. The van der Waals surface area contributed by atoms with Gasteiger partial charge in [0.15, 0.2) is 5.03 Å². The fourth-order valence-electron chi connectivity index (χ4n) is 3.01. The van der Waals surface area contributed by atoms with Crippen molar-refractivity contribution in [2.45, 2.75) is 20.4 Å². The van der Waals surface area contributed by atoms with Gasteiger partial charge in [0, 0.05) is 18.5 Å². The van der Waals surface area contributed by atoms with Crippen LogP contribution in [-0.2, 0) is 16.7 Å². The maximum Gasteiger partial charge on any atom is 0.356 e. The number of halogens is 1. The van der Waals surface area contributed by atoms with E-state index < -0.39 is 21.8 Å². The van der Waals surface area contributed by atoms with Crippen molar-refractivity contribution in [2.24, 2.45) is 17.4 Å². The highest BCUT2D eigenvalue weighted by molar-refractivity contribution is 7.91. The average Bonchev–Trinajstić information content (AvgIpc) is 3.08. The summed E-state index contributed by atoms with van der Waals surface area (Å²) in [5, 5.41) is 10.5. The number of nitrogens with one attached hydrogen (secondary N) is 2. The van der Waals surface area contributed by atoms with Gasteiger partial charge in [0.2, 0.25) is 0 Å². The van der Waals surface area contributed by atoms with Crippen LogP contribution < -0.4 is 21.0 Å². The Balaban J connectivity index is 2.14. The SMILES string of the molecule is CC(C)C1=C(S(=O)(=O)Oc2cccc(F)c2)N(Cc2cccnc2)C(=C(N)C(=N)N)N1. The number of pyridine rings is 1. The molecule has 0 unspecified atom stereocenters. The molecule has 2 aromatic rings. The fraction of sp³-hybridized carbons (Fsp3) is 0.200. The molecule has 9 nitrogen and oxygen atoms in total. The molecule has 1 aromatic carbocycles. The van der Waals surface area contributed by atoms with Gasteiger partial charge >= 0.3 is 10.1 Å². The maximum absolute atomic E-state index is 13.6. The summed E-state index contributed by atoms with van der Waals surface area (Å²) >= 11 is 0. The Labute approximate surface area is 179 Å². The third-order valence-corrected chi connectivity index (χ3v) is 5.75. The topological polar surface area (TPSA) is 147 Å². The van der Waals surface area contributed by atoms with Crippen LogP contribution in [0.25, 0.3) is 0 Å². The summed E-state index contributed by atoms with van der Waals surface area (Å²) in [5.74, 6) is -1.37. The van der Waals surface area contributed by atoms with Gasteiger partial charge in [0.1, 0.15) is 28.9 Å². The van der Waals surface area contributed by atoms with Crippen LogP contribution in [0.4, 0.5) is 4.39 Å². The second-order valence-electron chi connectivity index (χ2n) is 7.12. The minimum Gasteiger partial charge on any atom is -0.393 e. The Hall–Kier alpha value is -3.60. The van der Waals surface area contributed by atoms with Gasteiger partial charge in [-0.1, -0.05) is 26.0 Å². The van der Waals surface area contributed by atoms with E-state index in [1.807, 2.05) is 0 Å². The highest BCUT2D eigenvalue weighted by Crippen LogP contribution is 2.34. The molecule has 0 amide bonds. The van der Waals surface area contributed by atoms with E-state index in [0.29, 0.717) is 11.3 Å². The molecule has 11 heteroatoms. The van der Waals surface area contributed by atoms with Gasteiger partial charge in [-0.05, 0) is 29.7 Å². The van der Waals surface area contributed by atoms with Crippen molar-refractivity contribution in [2.75, 3.05) is 0 Å². The molecule has 1 aromatic heterocycles. The van der Waals surface area contributed by atoms with Crippen molar-refractivity contribution >= 4 is 16.0 Å². The number of aromatic nitrogens is 1. The number of benzene rings is 1. The Kier molecular flexibility index (Phi) is 6.16. The number of nitrogens with zero attached hydrogens (tertiary/aromatic N) is 2. The number of nitrogens with two attached hydrogens (primary N) is 2. The van der Waals surface area contributed by atoms with Crippen LogP contribution in [0.15, 0.2) is 71.0 Å². The molecule has 1 aliphatic rings. The Morgan fingerprint density at radius 2 is 2.03 bits per heavy atom. The predicted octanol–water partition coefficient (Wildman–Crippen LogP) is 1.92. The standard InChI is InChI=1S/C20H23FN6O3S/c1-12(2)17-20(31(28,29)30-15-7-3-6-14(21)9-15)27(11-13-5-4-8-25-10-13)19(26-17)16(22)18(23)24/h3-10,12,26H,11,22H2,1-2H3,(H3,23,24). The minimum atomic E-state index is -4.43. The molecule has 0 spiro atoms. The second-order valence-corrected chi connectivity index (χ2v) is 8.58. The van der Waals surface area contributed by atoms with Crippen LogP contribution in [0.5, 0.6) is 5.75 Å². The van der Waals surface area contributed by atoms with Crippen LogP contribution in [0.2, 0.25) is 0 Å². The van der Waals surface area contributed by atoms with Crippen molar-refractivity contribution in [1.29, 1.82) is 5.41 Å². The van der Waals surface area contributed by atoms with Crippen molar-refractivity contribution in [3.63, 3.8) is 0 Å². The first-order chi connectivity index (χ1) is 14.6. The Bertz CT molecular complexity index is 1160. The van der Waals surface area contributed by atoms with Gasteiger partial charge in [-0.15, -0.1) is 0 Å². The molecule has 31 heavy (non-hydrogen) atoms. The molecule has 0 fully saturated rings. The number of hydrogen-bond acceptors (Lipinski definition) is 8. The summed E-state index contributed by atoms with van der Waals surface area (Å²) < 4.78 is 45.4. The normalized spacial score (nSPS) is 15.8. The molecule has 2 heterocycles. The lowest BCUT2D eigenvalue weighted by atomic mass is 10.1. The first-order valence-corrected chi connectivity index (χ1v) is 10.7. The zero-order valence-electron chi connectivity index (χ0n) is 17.0. The first-order valence-electron chi connectivity index (χ1n) is 9.32. The highest BCUT2D eigenvalue weighted by Gasteiger charge is 2.40. The molecular formula is C20H23FN6O3S. The molecule has 0 saturated carbocycles. The third-order valence-electron chi connectivity index (χ3n) is 4.42. The van der Waals surface area contributed by atoms with Gasteiger partial charge in [-0.2, -0.15) is 8.42 Å². The van der Waals surface area contributed by atoms with E-state index in [1.165, 1.54) is 23.1 Å². The van der Waals surface area contributed by atoms with Crippen LogP contribution in [0, 0.1) is 17.1 Å². The minimum absolute atomic E-state index is 0.0570. The van der Waals surface area contributed by atoms with Crippen molar-refractivity contribution in [1.82, 2.24) is 15.2 Å². The van der Waals surface area contributed by atoms with Gasteiger partial charge in [-0.3, -0.25) is 10.4 Å². The maximum atomic E-state index is 13.6. The van der Waals surface area contributed by atoms with E-state index in [2.05, 4.69) is 10.3 Å². The summed E-state index contributed by atoms with van der Waals surface area (Å²) in [7, 11) is -4.43. The zero-order valence-corrected chi connectivity index (χ0v) is 17.8. The van der Waals surface area contributed by atoms with E-state index >= 15 is 0 Å². The van der Waals surface area contributed by atoms with Crippen LogP contribution in [0.3, 0.4) is 0 Å². The van der Waals surface area contributed by atoms with Crippen LogP contribution in [0.1, 0.15) is 19.4 Å². The largest absolute Gasteiger partial charge is 0.393 e. The highest BCUT2D eigenvalue weighted by atomic mass is 32.2. The molecule has 164 valence electrons. The van der Waals surface area contributed by atoms with Crippen molar-refractivity contribution in [3.05, 3.63) is 82.4 Å². The number of hydrogen-bond donors (Lipinski definition) is 4. The molecule has 0 atom stereocenters. The lowest BCUT2D eigenvalue weighted by Gasteiger charge is -2.24. The Morgan fingerprint density at radius 1 is 1.29 bits per heavy atom. The monoisotopic (exact) mass is 446 g/mol. The van der Waals surface area contributed by atoms with Crippen LogP contribution in [-0.4, -0.2) is 24.1 Å².